The zero-order chi connectivity index (χ0) is 19.4. The van der Waals surface area contributed by atoms with Crippen molar-refractivity contribution in [2.45, 2.75) is 11.4 Å². The van der Waals surface area contributed by atoms with Crippen LogP contribution >= 0.6 is 11.3 Å². The normalized spacial score (nSPS) is 11.4. The number of benzene rings is 1. The van der Waals surface area contributed by atoms with Crippen molar-refractivity contribution in [2.75, 3.05) is 6.54 Å². The third-order valence-corrected chi connectivity index (χ3v) is 5.98. The second kappa shape index (κ2) is 7.78. The molecule has 1 N–H and O–H groups in total. The molecule has 1 aromatic carbocycles. The Labute approximate surface area is 158 Å². The number of hydrogen-bond acceptors (Lipinski definition) is 7. The van der Waals surface area contributed by atoms with E-state index in [4.69, 9.17) is 0 Å². The van der Waals surface area contributed by atoms with Crippen LogP contribution in [-0.4, -0.2) is 29.7 Å². The first-order valence-electron chi connectivity index (χ1n) is 7.73. The molecule has 2 heterocycles. The van der Waals surface area contributed by atoms with Gasteiger partial charge in [-0.2, -0.15) is 5.10 Å². The van der Waals surface area contributed by atoms with Gasteiger partial charge in [0.1, 0.15) is 5.69 Å². The molecule has 0 saturated carbocycles. The molecular formula is C16H14N4O5S2. The summed E-state index contributed by atoms with van der Waals surface area (Å²) in [7, 11) is -3.85. The molecule has 0 unspecified atom stereocenters. The van der Waals surface area contributed by atoms with Gasteiger partial charge < -0.3 is 0 Å². The second-order valence-corrected chi connectivity index (χ2v) is 8.12. The summed E-state index contributed by atoms with van der Waals surface area (Å²) in [6.45, 7) is -0.00954. The summed E-state index contributed by atoms with van der Waals surface area (Å²) in [5, 5.41) is 16.8. The topological polar surface area (TPSA) is 124 Å². The molecule has 0 radical (unpaired) electrons. The van der Waals surface area contributed by atoms with E-state index in [-0.39, 0.29) is 29.2 Å². The Morgan fingerprint density at radius 3 is 2.52 bits per heavy atom. The lowest BCUT2D eigenvalue weighted by Crippen LogP contribution is -2.32. The van der Waals surface area contributed by atoms with E-state index < -0.39 is 14.9 Å². The number of aromatic nitrogens is 2. The minimum absolute atomic E-state index is 0.0459. The third kappa shape index (κ3) is 4.45. The fourth-order valence-corrected chi connectivity index (χ4v) is 3.99. The van der Waals surface area contributed by atoms with Gasteiger partial charge in [0.15, 0.2) is 0 Å². The number of nitrogens with one attached hydrogen (secondary N) is 1. The molecular weight excluding hydrogens is 392 g/mol. The third-order valence-electron chi connectivity index (χ3n) is 3.61. The Hall–Kier alpha value is -2.89. The number of rotatable bonds is 7. The quantitative estimate of drug-likeness (QED) is 0.472. The van der Waals surface area contributed by atoms with Gasteiger partial charge in [-0.05, 0) is 29.6 Å². The van der Waals surface area contributed by atoms with Crippen LogP contribution in [0.25, 0.3) is 10.6 Å². The Kier molecular flexibility index (Phi) is 5.44. The van der Waals surface area contributed by atoms with Crippen molar-refractivity contribution in [1.82, 2.24) is 14.5 Å². The van der Waals surface area contributed by atoms with Gasteiger partial charge in [-0.25, -0.2) is 17.8 Å². The van der Waals surface area contributed by atoms with Gasteiger partial charge in [-0.1, -0.05) is 6.07 Å². The summed E-state index contributed by atoms with van der Waals surface area (Å²) in [6, 6.07) is 11.3. The van der Waals surface area contributed by atoms with E-state index in [1.807, 2.05) is 17.5 Å². The van der Waals surface area contributed by atoms with E-state index in [9.17, 15) is 23.3 Å². The molecule has 0 aliphatic rings. The van der Waals surface area contributed by atoms with Crippen molar-refractivity contribution in [2.24, 2.45) is 0 Å². The van der Waals surface area contributed by atoms with Crippen LogP contribution in [-0.2, 0) is 16.6 Å². The largest absolute Gasteiger partial charge is 0.269 e. The molecule has 0 aliphatic carbocycles. The van der Waals surface area contributed by atoms with Crippen LogP contribution in [0.5, 0.6) is 0 Å². The lowest BCUT2D eigenvalue weighted by Gasteiger charge is -2.08. The van der Waals surface area contributed by atoms with Gasteiger partial charge in [-0.3, -0.25) is 14.9 Å². The number of non-ortho nitro benzene ring substituents is 1. The van der Waals surface area contributed by atoms with Crippen LogP contribution < -0.4 is 10.3 Å². The second-order valence-electron chi connectivity index (χ2n) is 5.41. The molecule has 0 saturated heterocycles. The van der Waals surface area contributed by atoms with Gasteiger partial charge >= 0.3 is 0 Å². The van der Waals surface area contributed by atoms with Crippen LogP contribution in [0.1, 0.15) is 0 Å². The zero-order valence-electron chi connectivity index (χ0n) is 13.8. The van der Waals surface area contributed by atoms with Crippen LogP contribution in [0.15, 0.2) is 63.6 Å². The standard InChI is InChI=1S/C16H14N4O5S2/c21-16-8-7-14(15-2-1-11-26-15)18-19(16)10-9-17-27(24,25)13-5-3-12(4-6-13)20(22)23/h1-8,11,17H,9-10H2. The summed E-state index contributed by atoms with van der Waals surface area (Å²) < 4.78 is 28.1. The van der Waals surface area contributed by atoms with Crippen molar-refractivity contribution in [3.8, 4) is 10.6 Å². The van der Waals surface area contributed by atoms with Crippen molar-refractivity contribution < 1.29 is 13.3 Å². The Morgan fingerprint density at radius 2 is 1.89 bits per heavy atom. The molecule has 0 aliphatic heterocycles. The van der Waals surface area contributed by atoms with Crippen LogP contribution in [0.2, 0.25) is 0 Å². The summed E-state index contributed by atoms with van der Waals surface area (Å²) >= 11 is 1.48. The predicted molar refractivity (Wildman–Crippen MR) is 100 cm³/mol. The molecule has 0 fully saturated rings. The minimum atomic E-state index is -3.85. The first-order valence-corrected chi connectivity index (χ1v) is 10.1. The lowest BCUT2D eigenvalue weighted by atomic mass is 10.3. The van der Waals surface area contributed by atoms with Crippen molar-refractivity contribution >= 4 is 27.0 Å². The Balaban J connectivity index is 1.69. The summed E-state index contributed by atoms with van der Waals surface area (Å²) in [6.07, 6.45) is 0. The summed E-state index contributed by atoms with van der Waals surface area (Å²) in [5.74, 6) is 0. The Bertz CT molecular complexity index is 1110. The Morgan fingerprint density at radius 1 is 1.15 bits per heavy atom. The van der Waals surface area contributed by atoms with Crippen LogP contribution in [0, 0.1) is 10.1 Å². The van der Waals surface area contributed by atoms with Gasteiger partial charge in [0.2, 0.25) is 10.0 Å². The van der Waals surface area contributed by atoms with E-state index >= 15 is 0 Å². The molecule has 0 spiro atoms. The van der Waals surface area contributed by atoms with E-state index in [2.05, 4.69) is 9.82 Å². The molecule has 0 bridgehead atoms. The van der Waals surface area contributed by atoms with E-state index in [0.717, 1.165) is 29.1 Å². The molecule has 27 heavy (non-hydrogen) atoms. The summed E-state index contributed by atoms with van der Waals surface area (Å²) in [4.78, 5) is 22.8. The number of nitro benzene ring substituents is 1. The van der Waals surface area contributed by atoms with Gasteiger partial charge in [0, 0.05) is 24.7 Å². The van der Waals surface area contributed by atoms with Crippen LogP contribution in [0.4, 0.5) is 5.69 Å². The lowest BCUT2D eigenvalue weighted by molar-refractivity contribution is -0.384. The predicted octanol–water partition coefficient (Wildman–Crippen LogP) is 1.86. The van der Waals surface area contributed by atoms with E-state index in [1.165, 1.54) is 22.1 Å². The van der Waals surface area contributed by atoms with Crippen molar-refractivity contribution in [3.63, 3.8) is 0 Å². The molecule has 0 amide bonds. The minimum Gasteiger partial charge on any atom is -0.268 e. The highest BCUT2D eigenvalue weighted by atomic mass is 32.2. The number of sulfonamides is 1. The van der Waals surface area contributed by atoms with Gasteiger partial charge in [0.05, 0.1) is 21.2 Å². The van der Waals surface area contributed by atoms with Crippen LogP contribution in [0.3, 0.4) is 0 Å². The average molecular weight is 406 g/mol. The number of thiophene rings is 1. The molecule has 3 rings (SSSR count). The monoisotopic (exact) mass is 406 g/mol. The fourth-order valence-electron chi connectivity index (χ4n) is 2.28. The first kappa shape index (κ1) is 18.9. The van der Waals surface area contributed by atoms with Gasteiger partial charge in [-0.15, -0.1) is 11.3 Å². The highest BCUT2D eigenvalue weighted by molar-refractivity contribution is 7.89. The number of nitro groups is 1. The summed E-state index contributed by atoms with van der Waals surface area (Å²) in [5.41, 5.74) is 0.0859. The SMILES string of the molecule is O=c1ccc(-c2cccs2)nn1CCNS(=O)(=O)c1ccc([N+](=O)[O-])cc1. The van der Waals surface area contributed by atoms with Crippen molar-refractivity contribution in [3.05, 3.63) is 74.4 Å². The first-order chi connectivity index (χ1) is 12.9. The maximum atomic E-state index is 12.3. The zero-order valence-corrected chi connectivity index (χ0v) is 15.4. The maximum Gasteiger partial charge on any atom is 0.269 e. The molecule has 3 aromatic rings. The average Bonchev–Trinajstić information content (AvgIpc) is 3.18. The molecule has 9 nitrogen and oxygen atoms in total. The molecule has 0 atom stereocenters. The van der Waals surface area contributed by atoms with E-state index in [1.54, 1.807) is 6.07 Å². The smallest absolute Gasteiger partial charge is 0.268 e. The highest BCUT2D eigenvalue weighted by Crippen LogP contribution is 2.21. The fraction of sp³-hybridized carbons (Fsp3) is 0.125. The molecule has 2 aromatic heterocycles. The molecule has 140 valence electrons. The molecule has 11 heteroatoms. The maximum absolute atomic E-state index is 12.3. The number of nitrogens with zero attached hydrogens (tertiary/aromatic N) is 3. The van der Waals surface area contributed by atoms with Gasteiger partial charge in [0.25, 0.3) is 11.2 Å². The van der Waals surface area contributed by atoms with Crippen molar-refractivity contribution in [1.29, 1.82) is 0 Å². The van der Waals surface area contributed by atoms with E-state index in [0.29, 0.717) is 5.69 Å². The number of hydrogen-bond donors (Lipinski definition) is 1. The highest BCUT2D eigenvalue weighted by Gasteiger charge is 2.15.